The molecule has 1 N–H and O–H groups in total. The number of ether oxygens (including phenoxy) is 2. The van der Waals surface area contributed by atoms with E-state index in [1.165, 1.54) is 24.5 Å². The standard InChI is InChI=1S/C13H11ClO4S/c1-17-10-4-2-3-9(13(15)16)12(10)18-7-8-5-6-11(14)19-8/h2-6H,7H2,1H3,(H,15,16). The molecule has 4 nitrogen and oxygen atoms in total. The Morgan fingerprint density at radius 3 is 2.74 bits per heavy atom. The molecule has 1 heterocycles. The molecule has 0 aliphatic rings. The molecule has 2 rings (SSSR count). The first-order valence-corrected chi connectivity index (χ1v) is 6.58. The molecule has 0 unspecified atom stereocenters. The van der Waals surface area contributed by atoms with Gasteiger partial charge in [0.1, 0.15) is 12.2 Å². The predicted octanol–water partition coefficient (Wildman–Crippen LogP) is 3.69. The summed E-state index contributed by atoms with van der Waals surface area (Å²) in [6.45, 7) is 0.248. The number of carboxylic acid groups (broad SMARTS) is 1. The summed E-state index contributed by atoms with van der Waals surface area (Å²) in [5.41, 5.74) is 0.0713. The number of halogens is 1. The van der Waals surface area contributed by atoms with Crippen molar-refractivity contribution in [2.75, 3.05) is 7.11 Å². The highest BCUT2D eigenvalue weighted by molar-refractivity contribution is 7.16. The third kappa shape index (κ3) is 3.19. The molecular formula is C13H11ClO4S. The van der Waals surface area contributed by atoms with Gasteiger partial charge >= 0.3 is 5.97 Å². The molecule has 0 bridgehead atoms. The van der Waals surface area contributed by atoms with Crippen LogP contribution in [-0.2, 0) is 6.61 Å². The fourth-order valence-electron chi connectivity index (χ4n) is 1.57. The van der Waals surface area contributed by atoms with Gasteiger partial charge in [0.15, 0.2) is 11.5 Å². The molecule has 1 aromatic carbocycles. The molecule has 0 atom stereocenters. The van der Waals surface area contributed by atoms with E-state index in [4.69, 9.17) is 26.2 Å². The van der Waals surface area contributed by atoms with Crippen molar-refractivity contribution in [3.8, 4) is 11.5 Å². The summed E-state index contributed by atoms with van der Waals surface area (Å²) in [5, 5.41) is 9.13. The molecule has 0 spiro atoms. The highest BCUT2D eigenvalue weighted by atomic mass is 35.5. The Labute approximate surface area is 119 Å². The average molecular weight is 299 g/mol. The molecule has 1 aromatic heterocycles. The number of carboxylic acids is 1. The van der Waals surface area contributed by atoms with Gasteiger partial charge in [0, 0.05) is 4.88 Å². The Balaban J connectivity index is 2.25. The summed E-state index contributed by atoms with van der Waals surface area (Å²) >= 11 is 7.21. The Morgan fingerprint density at radius 1 is 1.37 bits per heavy atom. The SMILES string of the molecule is COc1cccc(C(=O)O)c1OCc1ccc(Cl)s1. The summed E-state index contributed by atoms with van der Waals surface area (Å²) in [7, 11) is 1.47. The van der Waals surface area contributed by atoms with Crippen molar-refractivity contribution in [1.82, 2.24) is 0 Å². The number of hydrogen-bond acceptors (Lipinski definition) is 4. The molecule has 0 amide bonds. The van der Waals surface area contributed by atoms with Gasteiger partial charge in [-0.15, -0.1) is 11.3 Å². The first kappa shape index (κ1) is 13.7. The van der Waals surface area contributed by atoms with Gasteiger partial charge < -0.3 is 14.6 Å². The van der Waals surface area contributed by atoms with E-state index in [1.54, 1.807) is 18.2 Å². The average Bonchev–Trinajstić information content (AvgIpc) is 2.81. The van der Waals surface area contributed by atoms with Gasteiger partial charge in [-0.3, -0.25) is 0 Å². The van der Waals surface area contributed by atoms with Crippen molar-refractivity contribution >= 4 is 28.9 Å². The van der Waals surface area contributed by atoms with Crippen LogP contribution in [0.15, 0.2) is 30.3 Å². The number of methoxy groups -OCH3 is 1. The molecule has 0 saturated heterocycles. The second kappa shape index (κ2) is 5.95. The van der Waals surface area contributed by atoms with Crippen molar-refractivity contribution in [1.29, 1.82) is 0 Å². The van der Waals surface area contributed by atoms with E-state index in [9.17, 15) is 4.79 Å². The summed E-state index contributed by atoms with van der Waals surface area (Å²) in [4.78, 5) is 12.1. The van der Waals surface area contributed by atoms with Gasteiger partial charge in [-0.25, -0.2) is 4.79 Å². The number of hydrogen-bond donors (Lipinski definition) is 1. The van der Waals surface area contributed by atoms with Gasteiger partial charge in [-0.2, -0.15) is 0 Å². The summed E-state index contributed by atoms with van der Waals surface area (Å²) in [5.74, 6) is -0.442. The molecule has 0 saturated carbocycles. The number of carbonyl (C=O) groups is 1. The first-order chi connectivity index (χ1) is 9.11. The van der Waals surface area contributed by atoms with Gasteiger partial charge in [0.25, 0.3) is 0 Å². The Morgan fingerprint density at radius 2 is 2.16 bits per heavy atom. The van der Waals surface area contributed by atoms with Crippen molar-refractivity contribution in [2.45, 2.75) is 6.61 Å². The first-order valence-electron chi connectivity index (χ1n) is 5.39. The third-order valence-electron chi connectivity index (χ3n) is 2.42. The van der Waals surface area contributed by atoms with Crippen LogP contribution in [0.4, 0.5) is 0 Å². The van der Waals surface area contributed by atoms with Crippen molar-refractivity contribution in [3.63, 3.8) is 0 Å². The molecule has 100 valence electrons. The predicted molar refractivity (Wildman–Crippen MR) is 73.6 cm³/mol. The molecule has 19 heavy (non-hydrogen) atoms. The number of benzene rings is 1. The maximum atomic E-state index is 11.2. The number of thiophene rings is 1. The lowest BCUT2D eigenvalue weighted by molar-refractivity contribution is 0.0691. The zero-order chi connectivity index (χ0) is 13.8. The number of aromatic carboxylic acids is 1. The van der Waals surface area contributed by atoms with E-state index in [0.29, 0.717) is 10.1 Å². The summed E-state index contributed by atoms with van der Waals surface area (Å²) in [6.07, 6.45) is 0. The quantitative estimate of drug-likeness (QED) is 0.914. The zero-order valence-corrected chi connectivity index (χ0v) is 11.6. The number of para-hydroxylation sites is 1. The lowest BCUT2D eigenvalue weighted by Crippen LogP contribution is -2.04. The minimum atomic E-state index is -1.06. The van der Waals surface area contributed by atoms with Gasteiger partial charge in [-0.1, -0.05) is 17.7 Å². The van der Waals surface area contributed by atoms with Crippen LogP contribution in [0.1, 0.15) is 15.2 Å². The van der Waals surface area contributed by atoms with E-state index in [2.05, 4.69) is 0 Å². The summed E-state index contributed by atoms with van der Waals surface area (Å²) < 4.78 is 11.3. The fraction of sp³-hybridized carbons (Fsp3) is 0.154. The molecule has 2 aromatic rings. The van der Waals surface area contributed by atoms with Gasteiger partial charge in [0.2, 0.25) is 0 Å². The molecule has 0 fully saturated rings. The molecule has 6 heteroatoms. The smallest absolute Gasteiger partial charge is 0.339 e. The Bertz CT molecular complexity index is 594. The van der Waals surface area contributed by atoms with E-state index in [0.717, 1.165) is 4.88 Å². The van der Waals surface area contributed by atoms with Crippen LogP contribution in [0.2, 0.25) is 4.34 Å². The fourth-order valence-corrected chi connectivity index (χ4v) is 2.57. The lowest BCUT2D eigenvalue weighted by atomic mass is 10.2. The second-order valence-corrected chi connectivity index (χ2v) is 5.44. The Kier molecular flexibility index (Phi) is 4.29. The molecular weight excluding hydrogens is 288 g/mol. The van der Waals surface area contributed by atoms with Crippen molar-refractivity contribution < 1.29 is 19.4 Å². The van der Waals surface area contributed by atoms with E-state index >= 15 is 0 Å². The molecule has 0 radical (unpaired) electrons. The van der Waals surface area contributed by atoms with Crippen molar-refractivity contribution in [2.24, 2.45) is 0 Å². The summed E-state index contributed by atoms with van der Waals surface area (Å²) in [6, 6.07) is 8.34. The monoisotopic (exact) mass is 298 g/mol. The molecule has 0 aliphatic heterocycles. The van der Waals surface area contributed by atoms with Crippen LogP contribution >= 0.6 is 22.9 Å². The van der Waals surface area contributed by atoms with Crippen LogP contribution in [-0.4, -0.2) is 18.2 Å². The van der Waals surface area contributed by atoms with Crippen LogP contribution in [0.25, 0.3) is 0 Å². The highest BCUT2D eigenvalue weighted by Gasteiger charge is 2.16. The lowest BCUT2D eigenvalue weighted by Gasteiger charge is -2.12. The largest absolute Gasteiger partial charge is 0.493 e. The van der Waals surface area contributed by atoms with Crippen LogP contribution in [0.3, 0.4) is 0 Å². The normalized spacial score (nSPS) is 10.2. The van der Waals surface area contributed by atoms with Gasteiger partial charge in [0.05, 0.1) is 11.4 Å². The zero-order valence-electron chi connectivity index (χ0n) is 10.1. The number of rotatable bonds is 5. The topological polar surface area (TPSA) is 55.8 Å². The van der Waals surface area contributed by atoms with E-state index in [1.807, 2.05) is 6.07 Å². The van der Waals surface area contributed by atoms with E-state index < -0.39 is 5.97 Å². The second-order valence-electron chi connectivity index (χ2n) is 3.64. The molecule has 0 aliphatic carbocycles. The third-order valence-corrected chi connectivity index (χ3v) is 3.62. The highest BCUT2D eigenvalue weighted by Crippen LogP contribution is 2.32. The van der Waals surface area contributed by atoms with Crippen LogP contribution in [0.5, 0.6) is 11.5 Å². The van der Waals surface area contributed by atoms with Crippen LogP contribution in [0, 0.1) is 0 Å². The van der Waals surface area contributed by atoms with Crippen molar-refractivity contribution in [3.05, 3.63) is 45.1 Å². The minimum Gasteiger partial charge on any atom is -0.493 e. The van der Waals surface area contributed by atoms with Crippen LogP contribution < -0.4 is 9.47 Å². The van der Waals surface area contributed by atoms with Gasteiger partial charge in [-0.05, 0) is 24.3 Å². The maximum Gasteiger partial charge on any atom is 0.339 e. The Hall–Kier alpha value is -1.72. The maximum absolute atomic E-state index is 11.2. The minimum absolute atomic E-state index is 0.0713. The van der Waals surface area contributed by atoms with E-state index in [-0.39, 0.29) is 17.9 Å².